The van der Waals surface area contributed by atoms with Crippen molar-refractivity contribution in [1.82, 2.24) is 4.90 Å². The predicted molar refractivity (Wildman–Crippen MR) is 80.6 cm³/mol. The largest absolute Gasteiger partial charge is 0.399 e. The van der Waals surface area contributed by atoms with Crippen molar-refractivity contribution in [3.8, 4) is 0 Å². The highest BCUT2D eigenvalue weighted by Gasteiger charge is 2.23. The number of benzene rings is 1. The molecular weight excluding hydrogens is 238 g/mol. The van der Waals surface area contributed by atoms with Crippen LogP contribution in [0.3, 0.4) is 0 Å². The van der Waals surface area contributed by atoms with Crippen molar-refractivity contribution in [3.63, 3.8) is 0 Å². The van der Waals surface area contributed by atoms with Gasteiger partial charge in [-0.15, -0.1) is 0 Å². The van der Waals surface area contributed by atoms with E-state index in [1.165, 1.54) is 5.69 Å². The van der Waals surface area contributed by atoms with E-state index in [0.29, 0.717) is 6.04 Å². The van der Waals surface area contributed by atoms with Crippen LogP contribution in [0.4, 0.5) is 11.4 Å². The van der Waals surface area contributed by atoms with Gasteiger partial charge >= 0.3 is 0 Å². The lowest BCUT2D eigenvalue weighted by Gasteiger charge is -2.37. The van der Waals surface area contributed by atoms with Gasteiger partial charge in [-0.2, -0.15) is 0 Å². The zero-order chi connectivity index (χ0) is 13.8. The highest BCUT2D eigenvalue weighted by atomic mass is 16.5. The smallest absolute Gasteiger partial charge is 0.0877 e. The quantitative estimate of drug-likeness (QED) is 0.841. The molecular formula is C15H25N3O. The normalized spacial score (nSPS) is 20.7. The van der Waals surface area contributed by atoms with Gasteiger partial charge in [0.05, 0.1) is 12.7 Å². The first kappa shape index (κ1) is 14.2. The molecule has 1 aliphatic heterocycles. The van der Waals surface area contributed by atoms with Crippen molar-refractivity contribution in [1.29, 1.82) is 0 Å². The summed E-state index contributed by atoms with van der Waals surface area (Å²) in [4.78, 5) is 4.71. The predicted octanol–water partition coefficient (Wildman–Crippen LogP) is 1.81. The third-order valence-corrected chi connectivity index (χ3v) is 3.71. The second-order valence-corrected chi connectivity index (χ2v) is 5.55. The van der Waals surface area contributed by atoms with Gasteiger partial charge in [0.15, 0.2) is 0 Å². The van der Waals surface area contributed by atoms with Crippen molar-refractivity contribution in [3.05, 3.63) is 24.3 Å². The fourth-order valence-electron chi connectivity index (χ4n) is 2.46. The van der Waals surface area contributed by atoms with Crippen LogP contribution < -0.4 is 10.6 Å². The Hall–Kier alpha value is -1.26. The molecule has 0 spiro atoms. The van der Waals surface area contributed by atoms with E-state index in [1.807, 2.05) is 12.1 Å². The van der Waals surface area contributed by atoms with Crippen molar-refractivity contribution in [2.45, 2.75) is 26.0 Å². The van der Waals surface area contributed by atoms with Gasteiger partial charge in [-0.1, -0.05) is 0 Å². The number of ether oxygens (including phenoxy) is 1. The molecule has 1 heterocycles. The lowest BCUT2D eigenvalue weighted by atomic mass is 10.2. The summed E-state index contributed by atoms with van der Waals surface area (Å²) in [6.45, 7) is 8.28. The summed E-state index contributed by atoms with van der Waals surface area (Å²) in [5.74, 6) is 0. The molecule has 1 saturated heterocycles. The summed E-state index contributed by atoms with van der Waals surface area (Å²) < 4.78 is 5.87. The molecule has 4 heteroatoms. The Bertz CT molecular complexity index is 391. The molecule has 19 heavy (non-hydrogen) atoms. The molecule has 1 aromatic rings. The summed E-state index contributed by atoms with van der Waals surface area (Å²) in [6, 6.07) is 8.58. The average molecular weight is 263 g/mol. The van der Waals surface area contributed by atoms with Gasteiger partial charge in [0.2, 0.25) is 0 Å². The lowest BCUT2D eigenvalue weighted by Crippen LogP contribution is -2.49. The molecule has 1 unspecified atom stereocenters. The van der Waals surface area contributed by atoms with Gasteiger partial charge in [0.1, 0.15) is 0 Å². The number of hydrogen-bond acceptors (Lipinski definition) is 4. The SMILES string of the molecule is CC(C)N1CCOC(CN(C)c2ccc(N)cc2)C1. The van der Waals surface area contributed by atoms with Crippen LogP contribution in [-0.4, -0.2) is 50.3 Å². The molecule has 2 rings (SSSR count). The maximum absolute atomic E-state index is 5.87. The second kappa shape index (κ2) is 6.26. The molecule has 1 atom stereocenters. The number of nitrogens with zero attached hydrogens (tertiary/aromatic N) is 2. The van der Waals surface area contributed by atoms with Crippen LogP contribution in [0.15, 0.2) is 24.3 Å². The van der Waals surface area contributed by atoms with Crippen LogP contribution in [0, 0.1) is 0 Å². The first-order chi connectivity index (χ1) is 9.06. The van der Waals surface area contributed by atoms with Crippen molar-refractivity contribution in [2.75, 3.05) is 43.9 Å². The summed E-state index contributed by atoms with van der Waals surface area (Å²) in [7, 11) is 2.10. The number of morpholine rings is 1. The first-order valence-corrected chi connectivity index (χ1v) is 6.98. The summed E-state index contributed by atoms with van der Waals surface area (Å²) >= 11 is 0. The molecule has 0 saturated carbocycles. The molecule has 106 valence electrons. The Morgan fingerprint density at radius 2 is 2.05 bits per heavy atom. The Morgan fingerprint density at radius 3 is 2.68 bits per heavy atom. The van der Waals surface area contributed by atoms with E-state index >= 15 is 0 Å². The minimum absolute atomic E-state index is 0.277. The van der Waals surface area contributed by atoms with Crippen LogP contribution in [0.2, 0.25) is 0 Å². The van der Waals surface area contributed by atoms with E-state index in [0.717, 1.165) is 31.9 Å². The Balaban J connectivity index is 1.91. The highest BCUT2D eigenvalue weighted by Crippen LogP contribution is 2.17. The minimum Gasteiger partial charge on any atom is -0.399 e. The number of likely N-dealkylation sites (N-methyl/N-ethyl adjacent to an activating group) is 1. The topological polar surface area (TPSA) is 41.7 Å². The van der Waals surface area contributed by atoms with E-state index in [9.17, 15) is 0 Å². The molecule has 0 bridgehead atoms. The van der Waals surface area contributed by atoms with Gasteiger partial charge in [-0.3, -0.25) is 4.90 Å². The fourth-order valence-corrected chi connectivity index (χ4v) is 2.46. The standard InChI is InChI=1S/C15H25N3O/c1-12(2)18-8-9-19-15(11-18)10-17(3)14-6-4-13(16)5-7-14/h4-7,12,15H,8-11,16H2,1-3H3. The molecule has 1 fully saturated rings. The summed E-state index contributed by atoms with van der Waals surface area (Å²) in [5.41, 5.74) is 7.70. The third kappa shape index (κ3) is 3.85. The molecule has 2 N–H and O–H groups in total. The van der Waals surface area contributed by atoms with Crippen molar-refractivity contribution < 1.29 is 4.74 Å². The highest BCUT2D eigenvalue weighted by molar-refractivity contribution is 5.52. The molecule has 0 radical (unpaired) electrons. The van der Waals surface area contributed by atoms with E-state index in [4.69, 9.17) is 10.5 Å². The number of nitrogen functional groups attached to an aromatic ring is 1. The zero-order valence-corrected chi connectivity index (χ0v) is 12.2. The molecule has 1 aliphatic rings. The van der Waals surface area contributed by atoms with E-state index < -0.39 is 0 Å². The Labute approximate surface area is 116 Å². The summed E-state index contributed by atoms with van der Waals surface area (Å²) in [6.07, 6.45) is 0.277. The number of rotatable bonds is 4. The number of anilines is 2. The number of hydrogen-bond donors (Lipinski definition) is 1. The Morgan fingerprint density at radius 1 is 1.37 bits per heavy atom. The van der Waals surface area contributed by atoms with E-state index in [2.05, 4.69) is 42.8 Å². The van der Waals surface area contributed by atoms with Crippen LogP contribution in [-0.2, 0) is 4.74 Å². The van der Waals surface area contributed by atoms with Crippen molar-refractivity contribution in [2.24, 2.45) is 0 Å². The van der Waals surface area contributed by atoms with E-state index in [-0.39, 0.29) is 6.10 Å². The molecule has 4 nitrogen and oxygen atoms in total. The van der Waals surface area contributed by atoms with Crippen LogP contribution in [0.1, 0.15) is 13.8 Å². The number of nitrogens with two attached hydrogens (primary N) is 1. The zero-order valence-electron chi connectivity index (χ0n) is 12.2. The summed E-state index contributed by atoms with van der Waals surface area (Å²) in [5, 5.41) is 0. The third-order valence-electron chi connectivity index (χ3n) is 3.71. The monoisotopic (exact) mass is 263 g/mol. The average Bonchev–Trinajstić information content (AvgIpc) is 2.39. The Kier molecular flexibility index (Phi) is 4.66. The van der Waals surface area contributed by atoms with Gasteiger partial charge in [0.25, 0.3) is 0 Å². The molecule has 1 aromatic carbocycles. The fraction of sp³-hybridized carbons (Fsp3) is 0.600. The van der Waals surface area contributed by atoms with Gasteiger partial charge < -0.3 is 15.4 Å². The van der Waals surface area contributed by atoms with Crippen LogP contribution >= 0.6 is 0 Å². The van der Waals surface area contributed by atoms with Gasteiger partial charge in [0, 0.05) is 44.1 Å². The van der Waals surface area contributed by atoms with Crippen LogP contribution in [0.5, 0.6) is 0 Å². The second-order valence-electron chi connectivity index (χ2n) is 5.55. The van der Waals surface area contributed by atoms with Crippen LogP contribution in [0.25, 0.3) is 0 Å². The van der Waals surface area contributed by atoms with E-state index in [1.54, 1.807) is 0 Å². The molecule has 0 amide bonds. The first-order valence-electron chi connectivity index (χ1n) is 6.98. The molecule has 0 aromatic heterocycles. The van der Waals surface area contributed by atoms with Crippen molar-refractivity contribution >= 4 is 11.4 Å². The maximum Gasteiger partial charge on any atom is 0.0877 e. The maximum atomic E-state index is 5.87. The van der Waals surface area contributed by atoms with Gasteiger partial charge in [-0.05, 0) is 38.1 Å². The molecule has 0 aliphatic carbocycles. The minimum atomic E-state index is 0.277. The van der Waals surface area contributed by atoms with Gasteiger partial charge in [-0.25, -0.2) is 0 Å². The lowest BCUT2D eigenvalue weighted by molar-refractivity contribution is -0.0338.